The molecule has 0 rings (SSSR count). The van der Waals surface area contributed by atoms with Gasteiger partial charge in [0.15, 0.2) is 0 Å². The van der Waals surface area contributed by atoms with Crippen LogP contribution in [0.25, 0.3) is 0 Å². The van der Waals surface area contributed by atoms with E-state index in [1.165, 1.54) is 0 Å². The topological polar surface area (TPSA) is 0 Å². The molecule has 0 bridgehead atoms. The number of hydrogen-bond acceptors (Lipinski definition) is 0. The second kappa shape index (κ2) is 2.50. The zero-order chi connectivity index (χ0) is 4.50. The zero-order valence-electron chi connectivity index (χ0n) is 2.01. The molecule has 0 aromatic rings. The third-order valence-corrected chi connectivity index (χ3v) is 0. The molecule has 0 heterocycles. The second-order valence-corrected chi connectivity index (χ2v) is 36.0. The van der Waals surface area contributed by atoms with Crippen LogP contribution in [0.2, 0.25) is 0 Å². The van der Waals surface area contributed by atoms with Crippen LogP contribution in [0.4, 0.5) is 0 Å². The molecule has 0 radical (unpaired) electrons. The van der Waals surface area contributed by atoms with Crippen molar-refractivity contribution < 1.29 is 19.0 Å². The summed E-state index contributed by atoms with van der Waals surface area (Å²) in [6, 6.07) is 0. The summed E-state index contributed by atoms with van der Waals surface area (Å²) >= 11 is -3.45. The molecule has 0 aromatic heterocycles. The van der Waals surface area contributed by atoms with Crippen LogP contribution in [0.1, 0.15) is 0 Å². The quantitative estimate of drug-likeness (QED) is 0.607. The average molecular weight is 380 g/mol. The van der Waals surface area contributed by atoms with Crippen molar-refractivity contribution in [3.8, 4) is 0 Å². The van der Waals surface area contributed by atoms with E-state index in [-0.39, 0.29) is 0 Å². The molecule has 0 unspecified atom stereocenters. The fourth-order valence-corrected chi connectivity index (χ4v) is 0. The molecule has 0 aromatic carbocycles. The summed E-state index contributed by atoms with van der Waals surface area (Å²) in [6.07, 6.45) is 0. The van der Waals surface area contributed by atoms with E-state index in [2.05, 4.69) is 0 Å². The standard InChI is InChI=1S/4ClH.U/h4*1H;/q;;;;+4/p-4. The van der Waals surface area contributed by atoms with Crippen molar-refractivity contribution >= 4 is 30.5 Å². The summed E-state index contributed by atoms with van der Waals surface area (Å²) in [5.74, 6) is 0. The van der Waals surface area contributed by atoms with E-state index in [4.69, 9.17) is 30.5 Å². The van der Waals surface area contributed by atoms with Crippen molar-refractivity contribution in [3.05, 3.63) is 0 Å². The first-order chi connectivity index (χ1) is 2.00. The minimum absolute atomic E-state index is 3.45. The van der Waals surface area contributed by atoms with Gasteiger partial charge in [0.05, 0.1) is 0 Å². The van der Waals surface area contributed by atoms with Crippen LogP contribution in [-0.2, 0) is 0 Å². The van der Waals surface area contributed by atoms with Gasteiger partial charge < -0.3 is 0 Å². The Kier molecular flexibility index (Phi) is 3.61. The van der Waals surface area contributed by atoms with E-state index in [0.717, 1.165) is 0 Å². The Morgan fingerprint density at radius 3 is 0.800 bits per heavy atom. The normalized spacial score (nSPS) is 12.0. The van der Waals surface area contributed by atoms with Crippen LogP contribution >= 0.6 is 30.5 Å². The first-order valence-corrected chi connectivity index (χ1v) is 21.2. The molecule has 5 heavy (non-hydrogen) atoms. The molecule has 0 fully saturated rings. The monoisotopic (exact) mass is 378 g/mol. The van der Waals surface area contributed by atoms with Crippen molar-refractivity contribution in [1.29, 1.82) is 0 Å². The first kappa shape index (κ1) is 7.21. The number of rotatable bonds is 0. The van der Waals surface area contributed by atoms with Crippen molar-refractivity contribution in [3.63, 3.8) is 0 Å². The molecule has 0 aliphatic heterocycles. The fourth-order valence-electron chi connectivity index (χ4n) is 0. The van der Waals surface area contributed by atoms with Crippen LogP contribution in [0, 0.1) is 19.0 Å². The van der Waals surface area contributed by atoms with Crippen LogP contribution in [0.5, 0.6) is 0 Å². The minimum atomic E-state index is -3.45. The van der Waals surface area contributed by atoms with Gasteiger partial charge in [-0.1, -0.05) is 0 Å². The van der Waals surface area contributed by atoms with Crippen molar-refractivity contribution in [2.24, 2.45) is 0 Å². The third-order valence-electron chi connectivity index (χ3n) is 0. The summed E-state index contributed by atoms with van der Waals surface area (Å²) in [5.41, 5.74) is 0. The van der Waals surface area contributed by atoms with Gasteiger partial charge in [-0.05, 0) is 0 Å². The second-order valence-electron chi connectivity index (χ2n) is 0.429. The van der Waals surface area contributed by atoms with E-state index in [1.807, 2.05) is 0 Å². The summed E-state index contributed by atoms with van der Waals surface area (Å²) in [4.78, 5) is 0. The molecule has 0 spiro atoms. The van der Waals surface area contributed by atoms with Crippen LogP contribution in [0.15, 0.2) is 0 Å². The van der Waals surface area contributed by atoms with Gasteiger partial charge in [-0.3, -0.25) is 0 Å². The van der Waals surface area contributed by atoms with Gasteiger partial charge in [-0.25, -0.2) is 0 Å². The van der Waals surface area contributed by atoms with Gasteiger partial charge in [0.25, 0.3) is 0 Å². The molecule has 0 aliphatic carbocycles. The SMILES string of the molecule is [Cl][U]([Cl])([Cl])[Cl]. The molecule has 5 heteroatoms. The Labute approximate surface area is 48.6 Å². The van der Waals surface area contributed by atoms with Crippen LogP contribution in [-0.4, -0.2) is 0 Å². The molecule has 32 valence electrons. The summed E-state index contributed by atoms with van der Waals surface area (Å²) < 4.78 is 0. The molecule has 0 atom stereocenters. The Morgan fingerprint density at radius 1 is 0.800 bits per heavy atom. The molecule has 0 saturated carbocycles. The molecule has 0 nitrogen and oxygen atoms in total. The van der Waals surface area contributed by atoms with E-state index in [1.54, 1.807) is 0 Å². The Bertz CT molecular complexity index is 19.1. The third kappa shape index (κ3) is 22.5. The molecular weight excluding hydrogens is 380 g/mol. The van der Waals surface area contributed by atoms with Gasteiger partial charge in [-0.2, -0.15) is 0 Å². The number of halogens is 4. The Hall–Kier alpha value is 2.21. The molecule has 0 saturated heterocycles. The molecule has 0 aliphatic rings. The maximum atomic E-state index is 5.06. The van der Waals surface area contributed by atoms with E-state index in [0.29, 0.717) is 0 Å². The predicted molar refractivity (Wildman–Crippen MR) is 23.4 cm³/mol. The van der Waals surface area contributed by atoms with Crippen molar-refractivity contribution in [2.75, 3.05) is 0 Å². The van der Waals surface area contributed by atoms with Crippen LogP contribution in [0.3, 0.4) is 0 Å². The van der Waals surface area contributed by atoms with E-state index >= 15 is 0 Å². The first-order valence-electron chi connectivity index (χ1n) is 0.756. The van der Waals surface area contributed by atoms with E-state index < -0.39 is 19.0 Å². The van der Waals surface area contributed by atoms with E-state index in [9.17, 15) is 0 Å². The molecule has 0 amide bonds. The molecule has 0 N–H and O–H groups in total. The van der Waals surface area contributed by atoms with Crippen LogP contribution < -0.4 is 0 Å². The van der Waals surface area contributed by atoms with Gasteiger partial charge >= 0.3 is 49.5 Å². The average Bonchev–Trinajstić information content (AvgIpc) is 0.722. The Balaban J connectivity index is 3.02. The van der Waals surface area contributed by atoms with Gasteiger partial charge in [0, 0.05) is 0 Å². The predicted octanol–water partition coefficient (Wildman–Crippen LogP) is 2.76. The summed E-state index contributed by atoms with van der Waals surface area (Å²) in [5, 5.41) is 0. The fraction of sp³-hybridized carbons (Fsp3) is 0. The van der Waals surface area contributed by atoms with Crippen molar-refractivity contribution in [2.45, 2.75) is 0 Å². The van der Waals surface area contributed by atoms with Gasteiger partial charge in [0.1, 0.15) is 0 Å². The zero-order valence-corrected chi connectivity index (χ0v) is 9.20. The van der Waals surface area contributed by atoms with Gasteiger partial charge in [-0.15, -0.1) is 0 Å². The van der Waals surface area contributed by atoms with Gasteiger partial charge in [0.2, 0.25) is 0 Å². The molecular formula is Cl4U. The summed E-state index contributed by atoms with van der Waals surface area (Å²) in [7, 11) is 20.2. The summed E-state index contributed by atoms with van der Waals surface area (Å²) in [6.45, 7) is 0. The number of hydrogen-bond donors (Lipinski definition) is 0. The van der Waals surface area contributed by atoms with Crippen molar-refractivity contribution in [1.82, 2.24) is 0 Å². The maximum absolute atomic E-state index is 5.06. The Morgan fingerprint density at radius 2 is 0.800 bits per heavy atom.